The highest BCUT2D eigenvalue weighted by molar-refractivity contribution is 5.93. The van der Waals surface area contributed by atoms with Gasteiger partial charge >= 0.3 is 0 Å². The number of amides is 1. The fourth-order valence-electron chi connectivity index (χ4n) is 4.14. The van der Waals surface area contributed by atoms with Crippen LogP contribution in [-0.2, 0) is 11.2 Å². The summed E-state index contributed by atoms with van der Waals surface area (Å²) in [5.41, 5.74) is 2.43. The predicted octanol–water partition coefficient (Wildman–Crippen LogP) is 4.77. The molecule has 1 heterocycles. The van der Waals surface area contributed by atoms with Crippen LogP contribution in [0.2, 0.25) is 0 Å². The second-order valence-electron chi connectivity index (χ2n) is 7.74. The van der Waals surface area contributed by atoms with Crippen LogP contribution in [-0.4, -0.2) is 36.5 Å². The Morgan fingerprint density at radius 2 is 1.78 bits per heavy atom. The number of hydrogen-bond acceptors (Lipinski definition) is 2. The Morgan fingerprint density at radius 1 is 1.11 bits per heavy atom. The molecule has 0 bridgehead atoms. The lowest BCUT2D eigenvalue weighted by molar-refractivity contribution is -0.118. The summed E-state index contributed by atoms with van der Waals surface area (Å²) in [4.78, 5) is 17.2. The molecule has 144 valence electrons. The van der Waals surface area contributed by atoms with Gasteiger partial charge in [-0.2, -0.15) is 0 Å². The summed E-state index contributed by atoms with van der Waals surface area (Å²) in [5, 5.41) is 0. The van der Waals surface area contributed by atoms with Crippen LogP contribution in [0.3, 0.4) is 0 Å². The third kappa shape index (κ3) is 5.43. The van der Waals surface area contributed by atoms with E-state index in [1.54, 1.807) is 0 Å². The standard InChI is InChI=1S/C24H32N2O/c1-3-24(27)26(23-14-8-5-9-15-23)19-22-13-10-16-25(18-22)20(2)17-21-11-6-4-7-12-21/h4-9,11-12,14-15,20,22H,3,10,13,16-19H2,1-2H3. The first kappa shape index (κ1) is 19.6. The number of likely N-dealkylation sites (tertiary alicyclic amines) is 1. The summed E-state index contributed by atoms with van der Waals surface area (Å²) in [6, 6.07) is 21.4. The summed E-state index contributed by atoms with van der Waals surface area (Å²) in [5.74, 6) is 0.753. The van der Waals surface area contributed by atoms with Crippen LogP contribution in [0.1, 0.15) is 38.7 Å². The Bertz CT molecular complexity index is 701. The highest BCUT2D eigenvalue weighted by atomic mass is 16.2. The molecule has 1 aliphatic rings. The molecular formula is C24H32N2O. The zero-order valence-electron chi connectivity index (χ0n) is 16.7. The Kier molecular flexibility index (Phi) is 7.05. The van der Waals surface area contributed by atoms with E-state index < -0.39 is 0 Å². The highest BCUT2D eigenvalue weighted by Gasteiger charge is 2.27. The molecule has 2 aromatic carbocycles. The average Bonchev–Trinajstić information content (AvgIpc) is 2.73. The summed E-state index contributed by atoms with van der Waals surface area (Å²) < 4.78 is 0. The van der Waals surface area contributed by atoms with Gasteiger partial charge < -0.3 is 4.90 Å². The average molecular weight is 365 g/mol. The smallest absolute Gasteiger partial charge is 0.226 e. The van der Waals surface area contributed by atoms with Crippen LogP contribution in [0.15, 0.2) is 60.7 Å². The molecule has 0 N–H and O–H groups in total. The van der Waals surface area contributed by atoms with Crippen molar-refractivity contribution in [3.63, 3.8) is 0 Å². The Labute approximate surface area is 164 Å². The lowest BCUT2D eigenvalue weighted by Gasteiger charge is -2.39. The van der Waals surface area contributed by atoms with E-state index in [9.17, 15) is 4.79 Å². The van der Waals surface area contributed by atoms with E-state index in [4.69, 9.17) is 0 Å². The van der Waals surface area contributed by atoms with Crippen molar-refractivity contribution < 1.29 is 4.79 Å². The lowest BCUT2D eigenvalue weighted by Crippen LogP contribution is -2.46. The van der Waals surface area contributed by atoms with Gasteiger partial charge in [-0.3, -0.25) is 9.69 Å². The second-order valence-corrected chi connectivity index (χ2v) is 7.74. The summed E-state index contributed by atoms with van der Waals surface area (Å²) >= 11 is 0. The van der Waals surface area contributed by atoms with Crippen LogP contribution < -0.4 is 4.90 Å². The first-order chi connectivity index (χ1) is 13.2. The van der Waals surface area contributed by atoms with Crippen LogP contribution in [0.4, 0.5) is 5.69 Å². The normalized spacial score (nSPS) is 18.8. The molecule has 1 amide bonds. The molecule has 0 aromatic heterocycles. The Balaban J connectivity index is 1.63. The van der Waals surface area contributed by atoms with Gasteiger partial charge in [0.25, 0.3) is 0 Å². The number of rotatable bonds is 7. The minimum Gasteiger partial charge on any atom is -0.312 e. The van der Waals surface area contributed by atoms with Crippen molar-refractivity contribution in [3.8, 4) is 0 Å². The third-order valence-corrected chi connectivity index (χ3v) is 5.66. The van der Waals surface area contributed by atoms with Gasteiger partial charge in [0.05, 0.1) is 0 Å². The number of benzene rings is 2. The topological polar surface area (TPSA) is 23.6 Å². The summed E-state index contributed by atoms with van der Waals surface area (Å²) in [6.07, 6.45) is 4.06. The minimum absolute atomic E-state index is 0.218. The molecule has 3 nitrogen and oxygen atoms in total. The summed E-state index contributed by atoms with van der Waals surface area (Å²) in [6.45, 7) is 7.35. The molecule has 27 heavy (non-hydrogen) atoms. The number of para-hydroxylation sites is 1. The molecular weight excluding hydrogens is 332 g/mol. The van der Waals surface area contributed by atoms with E-state index in [-0.39, 0.29) is 5.91 Å². The molecule has 2 aromatic rings. The van der Waals surface area contributed by atoms with Crippen molar-refractivity contribution in [1.82, 2.24) is 4.90 Å². The van der Waals surface area contributed by atoms with Crippen molar-refractivity contribution >= 4 is 11.6 Å². The molecule has 3 rings (SSSR count). The fraction of sp³-hybridized carbons (Fsp3) is 0.458. The number of carbonyl (C=O) groups is 1. The van der Waals surface area contributed by atoms with Crippen LogP contribution in [0.5, 0.6) is 0 Å². The van der Waals surface area contributed by atoms with Crippen LogP contribution in [0.25, 0.3) is 0 Å². The SMILES string of the molecule is CCC(=O)N(CC1CCCN(C(C)Cc2ccccc2)C1)c1ccccc1. The predicted molar refractivity (Wildman–Crippen MR) is 113 cm³/mol. The van der Waals surface area contributed by atoms with Crippen LogP contribution >= 0.6 is 0 Å². The highest BCUT2D eigenvalue weighted by Crippen LogP contribution is 2.24. The zero-order valence-corrected chi connectivity index (χ0v) is 16.7. The molecule has 0 aliphatic carbocycles. The third-order valence-electron chi connectivity index (χ3n) is 5.66. The first-order valence-corrected chi connectivity index (χ1v) is 10.3. The van der Waals surface area contributed by atoms with E-state index in [1.807, 2.05) is 42.2 Å². The number of piperidine rings is 1. The van der Waals surface area contributed by atoms with Crippen molar-refractivity contribution in [3.05, 3.63) is 66.2 Å². The number of hydrogen-bond donors (Lipinski definition) is 0. The minimum atomic E-state index is 0.218. The van der Waals surface area contributed by atoms with Crippen molar-refractivity contribution in [2.75, 3.05) is 24.5 Å². The van der Waals surface area contributed by atoms with Gasteiger partial charge in [0.2, 0.25) is 5.91 Å². The van der Waals surface area contributed by atoms with E-state index in [0.717, 1.165) is 31.7 Å². The molecule has 0 saturated carbocycles. The molecule has 1 fully saturated rings. The summed E-state index contributed by atoms with van der Waals surface area (Å²) in [7, 11) is 0. The molecule has 2 atom stereocenters. The molecule has 2 unspecified atom stereocenters. The molecule has 1 saturated heterocycles. The van der Waals surface area contributed by atoms with Gasteiger partial charge in [0, 0.05) is 31.2 Å². The van der Waals surface area contributed by atoms with Gasteiger partial charge in [-0.05, 0) is 56.3 Å². The van der Waals surface area contributed by atoms with Crippen molar-refractivity contribution in [2.24, 2.45) is 5.92 Å². The number of anilines is 1. The molecule has 1 aliphatic heterocycles. The fourth-order valence-corrected chi connectivity index (χ4v) is 4.14. The van der Waals surface area contributed by atoms with Crippen molar-refractivity contribution in [2.45, 2.75) is 45.6 Å². The van der Waals surface area contributed by atoms with Gasteiger partial charge in [0.1, 0.15) is 0 Å². The van der Waals surface area contributed by atoms with Crippen LogP contribution in [0, 0.1) is 5.92 Å². The molecule has 3 heteroatoms. The maximum atomic E-state index is 12.6. The largest absolute Gasteiger partial charge is 0.312 e. The van der Waals surface area contributed by atoms with Gasteiger partial charge in [-0.1, -0.05) is 55.5 Å². The quantitative estimate of drug-likeness (QED) is 0.706. The number of carbonyl (C=O) groups excluding carboxylic acids is 1. The van der Waals surface area contributed by atoms with E-state index in [0.29, 0.717) is 18.4 Å². The van der Waals surface area contributed by atoms with Gasteiger partial charge in [-0.25, -0.2) is 0 Å². The van der Waals surface area contributed by atoms with Gasteiger partial charge in [-0.15, -0.1) is 0 Å². The van der Waals surface area contributed by atoms with E-state index >= 15 is 0 Å². The van der Waals surface area contributed by atoms with E-state index in [1.165, 1.54) is 18.4 Å². The van der Waals surface area contributed by atoms with Gasteiger partial charge in [0.15, 0.2) is 0 Å². The van der Waals surface area contributed by atoms with Crippen molar-refractivity contribution in [1.29, 1.82) is 0 Å². The van der Waals surface area contributed by atoms with E-state index in [2.05, 4.69) is 42.2 Å². The second kappa shape index (κ2) is 9.70. The monoisotopic (exact) mass is 364 g/mol. The Morgan fingerprint density at radius 3 is 2.44 bits per heavy atom. The zero-order chi connectivity index (χ0) is 19.1. The first-order valence-electron chi connectivity index (χ1n) is 10.3. The molecule has 0 spiro atoms. The number of nitrogens with zero attached hydrogens (tertiary/aromatic N) is 2. The maximum Gasteiger partial charge on any atom is 0.226 e. The lowest BCUT2D eigenvalue weighted by atomic mass is 9.94. The maximum absolute atomic E-state index is 12.6. The Hall–Kier alpha value is -2.13. The molecule has 0 radical (unpaired) electrons.